The average Bonchev–Trinajstić information content (AvgIpc) is 3.12. The third kappa shape index (κ3) is 4.52. The number of benzene rings is 1. The van der Waals surface area contributed by atoms with Crippen LogP contribution in [-0.4, -0.2) is 30.5 Å². The predicted molar refractivity (Wildman–Crippen MR) is 106 cm³/mol. The number of hydrogen-bond acceptors (Lipinski definition) is 6. The molecule has 3 aromatic rings. The largest absolute Gasteiger partial charge is 0.343 e. The van der Waals surface area contributed by atoms with E-state index in [4.69, 9.17) is 11.6 Å². The van der Waals surface area contributed by atoms with Crippen LogP contribution in [-0.2, 0) is 9.84 Å². The second-order valence-electron chi connectivity index (χ2n) is 5.93. The molecule has 0 saturated carbocycles. The van der Waals surface area contributed by atoms with E-state index in [1.807, 2.05) is 24.4 Å². The van der Waals surface area contributed by atoms with Crippen molar-refractivity contribution in [3.63, 3.8) is 0 Å². The first kappa shape index (κ1) is 19.5. The summed E-state index contributed by atoms with van der Waals surface area (Å²) in [7, 11) is -3.53. The molecule has 2 aromatic heterocycles. The van der Waals surface area contributed by atoms with Crippen LogP contribution in [0, 0.1) is 0 Å². The standard InChI is InChI=1S/C18H16ClN3O3S2/c1-11(18-22-15(10-26-18)13-4-3-7-20-9-13)21-17(23)12-5-6-14(19)16(8-12)27(2,24)25/h3-11H,1-2H3,(H,21,23). The molecular formula is C18H16ClN3O3S2. The Labute approximate surface area is 166 Å². The molecule has 0 aliphatic carbocycles. The van der Waals surface area contributed by atoms with Gasteiger partial charge in [0.15, 0.2) is 9.84 Å². The lowest BCUT2D eigenvalue weighted by atomic mass is 10.2. The molecule has 140 valence electrons. The Balaban J connectivity index is 1.78. The highest BCUT2D eigenvalue weighted by atomic mass is 35.5. The molecule has 1 atom stereocenters. The summed E-state index contributed by atoms with van der Waals surface area (Å²) in [4.78, 5) is 21.1. The number of amides is 1. The van der Waals surface area contributed by atoms with Gasteiger partial charge in [-0.15, -0.1) is 11.3 Å². The van der Waals surface area contributed by atoms with E-state index < -0.39 is 15.7 Å². The minimum absolute atomic E-state index is 0.0717. The molecule has 1 N–H and O–H groups in total. The summed E-state index contributed by atoms with van der Waals surface area (Å²) in [6.45, 7) is 1.82. The third-order valence-corrected chi connectivity index (χ3v) is 6.40. The van der Waals surface area contributed by atoms with Crippen LogP contribution < -0.4 is 5.32 Å². The van der Waals surface area contributed by atoms with Crippen LogP contribution >= 0.6 is 22.9 Å². The maximum Gasteiger partial charge on any atom is 0.251 e. The van der Waals surface area contributed by atoms with Crippen molar-refractivity contribution >= 4 is 38.7 Å². The fourth-order valence-electron chi connectivity index (χ4n) is 2.40. The number of thiazole rings is 1. The van der Waals surface area contributed by atoms with Crippen LogP contribution in [0.5, 0.6) is 0 Å². The molecule has 9 heteroatoms. The Morgan fingerprint density at radius 3 is 2.74 bits per heavy atom. The normalized spacial score (nSPS) is 12.6. The van der Waals surface area contributed by atoms with E-state index in [0.717, 1.165) is 22.5 Å². The number of aromatic nitrogens is 2. The van der Waals surface area contributed by atoms with Gasteiger partial charge in [0.2, 0.25) is 0 Å². The van der Waals surface area contributed by atoms with Gasteiger partial charge in [-0.05, 0) is 37.3 Å². The molecule has 2 heterocycles. The molecule has 0 fully saturated rings. The van der Waals surface area contributed by atoms with E-state index in [9.17, 15) is 13.2 Å². The van der Waals surface area contributed by atoms with E-state index in [1.165, 1.54) is 29.5 Å². The lowest BCUT2D eigenvalue weighted by Gasteiger charge is -2.12. The number of sulfone groups is 1. The Kier molecular flexibility index (Phi) is 5.59. The number of pyridine rings is 1. The monoisotopic (exact) mass is 421 g/mol. The third-order valence-electron chi connectivity index (χ3n) is 3.79. The maximum atomic E-state index is 12.5. The van der Waals surface area contributed by atoms with Crippen LogP contribution in [0.2, 0.25) is 5.02 Å². The van der Waals surface area contributed by atoms with Crippen molar-refractivity contribution in [3.8, 4) is 11.3 Å². The van der Waals surface area contributed by atoms with Gasteiger partial charge in [-0.3, -0.25) is 9.78 Å². The number of nitrogens with zero attached hydrogens (tertiary/aromatic N) is 2. The molecule has 0 radical (unpaired) electrons. The summed E-state index contributed by atoms with van der Waals surface area (Å²) < 4.78 is 23.6. The molecule has 3 rings (SSSR count). The highest BCUT2D eigenvalue weighted by Gasteiger charge is 2.19. The molecular weight excluding hydrogens is 406 g/mol. The van der Waals surface area contributed by atoms with Crippen LogP contribution in [0.15, 0.2) is 53.0 Å². The Morgan fingerprint density at radius 1 is 1.30 bits per heavy atom. The summed E-state index contributed by atoms with van der Waals surface area (Å²) >= 11 is 7.35. The summed E-state index contributed by atoms with van der Waals surface area (Å²) in [5, 5.41) is 5.55. The Hall–Kier alpha value is -2.29. The molecule has 0 bridgehead atoms. The van der Waals surface area contributed by atoms with Crippen molar-refractivity contribution in [2.24, 2.45) is 0 Å². The molecule has 6 nitrogen and oxygen atoms in total. The van der Waals surface area contributed by atoms with E-state index in [0.29, 0.717) is 0 Å². The number of halogens is 1. The number of carbonyl (C=O) groups excluding carboxylic acids is 1. The quantitative estimate of drug-likeness (QED) is 0.677. The van der Waals surface area contributed by atoms with E-state index in [1.54, 1.807) is 12.4 Å². The van der Waals surface area contributed by atoms with Gasteiger partial charge < -0.3 is 5.32 Å². The number of rotatable bonds is 5. The molecule has 1 unspecified atom stereocenters. The maximum absolute atomic E-state index is 12.5. The van der Waals surface area contributed by atoms with Gasteiger partial charge in [-0.25, -0.2) is 13.4 Å². The van der Waals surface area contributed by atoms with Gasteiger partial charge >= 0.3 is 0 Å². The summed E-state index contributed by atoms with van der Waals surface area (Å²) in [5.41, 5.74) is 1.90. The molecule has 0 spiro atoms. The lowest BCUT2D eigenvalue weighted by Crippen LogP contribution is -2.26. The zero-order valence-electron chi connectivity index (χ0n) is 14.5. The van der Waals surface area contributed by atoms with Crippen molar-refractivity contribution in [2.45, 2.75) is 17.9 Å². The second-order valence-corrected chi connectivity index (χ2v) is 9.21. The minimum Gasteiger partial charge on any atom is -0.343 e. The summed E-state index contributed by atoms with van der Waals surface area (Å²) in [5.74, 6) is -0.401. The number of carbonyl (C=O) groups is 1. The highest BCUT2D eigenvalue weighted by molar-refractivity contribution is 7.90. The fraction of sp³-hybridized carbons (Fsp3) is 0.167. The van der Waals surface area contributed by atoms with Crippen molar-refractivity contribution in [1.29, 1.82) is 0 Å². The zero-order valence-corrected chi connectivity index (χ0v) is 16.9. The first-order valence-corrected chi connectivity index (χ1v) is 11.1. The van der Waals surface area contributed by atoms with Crippen LogP contribution in [0.25, 0.3) is 11.3 Å². The topological polar surface area (TPSA) is 89.0 Å². The summed E-state index contributed by atoms with van der Waals surface area (Å²) in [6.07, 6.45) is 4.47. The Bertz CT molecular complexity index is 1080. The minimum atomic E-state index is -3.53. The van der Waals surface area contributed by atoms with Crippen LogP contribution in [0.4, 0.5) is 0 Å². The van der Waals surface area contributed by atoms with E-state index in [2.05, 4.69) is 15.3 Å². The fourth-order valence-corrected chi connectivity index (χ4v) is 4.54. The summed E-state index contributed by atoms with van der Waals surface area (Å²) in [6, 6.07) is 7.58. The highest BCUT2D eigenvalue weighted by Crippen LogP contribution is 2.26. The van der Waals surface area contributed by atoms with Gasteiger partial charge in [-0.1, -0.05) is 11.6 Å². The average molecular weight is 422 g/mol. The molecule has 1 aromatic carbocycles. The van der Waals surface area contributed by atoms with Crippen molar-refractivity contribution in [1.82, 2.24) is 15.3 Å². The lowest BCUT2D eigenvalue weighted by molar-refractivity contribution is 0.0939. The SMILES string of the molecule is CC(NC(=O)c1ccc(Cl)c(S(C)(=O)=O)c1)c1nc(-c2cccnc2)cs1. The number of hydrogen-bond donors (Lipinski definition) is 1. The van der Waals surface area contributed by atoms with Crippen molar-refractivity contribution in [3.05, 3.63) is 63.7 Å². The zero-order chi connectivity index (χ0) is 19.6. The molecule has 0 aliphatic rings. The molecule has 0 saturated heterocycles. The van der Waals surface area contributed by atoms with E-state index in [-0.39, 0.29) is 21.5 Å². The van der Waals surface area contributed by atoms with Gasteiger partial charge in [0, 0.05) is 35.2 Å². The van der Waals surface area contributed by atoms with Gasteiger partial charge in [0.25, 0.3) is 5.91 Å². The van der Waals surface area contributed by atoms with E-state index >= 15 is 0 Å². The Morgan fingerprint density at radius 2 is 2.07 bits per heavy atom. The predicted octanol–water partition coefficient (Wildman–Crippen LogP) is 3.75. The first-order valence-electron chi connectivity index (χ1n) is 7.92. The first-order chi connectivity index (χ1) is 12.8. The van der Waals surface area contributed by atoms with Crippen molar-refractivity contribution in [2.75, 3.05) is 6.26 Å². The second kappa shape index (κ2) is 7.75. The van der Waals surface area contributed by atoms with Crippen molar-refractivity contribution < 1.29 is 13.2 Å². The van der Waals surface area contributed by atoms with Gasteiger partial charge in [0.05, 0.1) is 21.7 Å². The smallest absolute Gasteiger partial charge is 0.251 e. The van der Waals surface area contributed by atoms with Gasteiger partial charge in [-0.2, -0.15) is 0 Å². The molecule has 0 aliphatic heterocycles. The molecule has 27 heavy (non-hydrogen) atoms. The molecule has 1 amide bonds. The van der Waals surface area contributed by atoms with Crippen LogP contribution in [0.1, 0.15) is 28.3 Å². The van der Waals surface area contributed by atoms with Crippen LogP contribution in [0.3, 0.4) is 0 Å². The van der Waals surface area contributed by atoms with Gasteiger partial charge in [0.1, 0.15) is 5.01 Å². The number of nitrogens with one attached hydrogen (secondary N) is 1.